The monoisotopic (exact) mass is 340 g/mol. The van der Waals surface area contributed by atoms with Gasteiger partial charge < -0.3 is 10.4 Å². The number of hydrogen-bond donors (Lipinski definition) is 2. The zero-order valence-corrected chi connectivity index (χ0v) is 15.3. The summed E-state index contributed by atoms with van der Waals surface area (Å²) >= 11 is 0. The molecule has 0 radical (unpaired) electrons. The second-order valence-corrected chi connectivity index (χ2v) is 9.82. The van der Waals surface area contributed by atoms with Crippen LogP contribution in [0.5, 0.6) is 0 Å². The molecule has 6 heteroatoms. The Morgan fingerprint density at radius 2 is 1.96 bits per heavy atom. The fourth-order valence-corrected chi connectivity index (χ4v) is 4.07. The van der Waals surface area contributed by atoms with Gasteiger partial charge in [0.2, 0.25) is 0 Å². The van der Waals surface area contributed by atoms with E-state index in [9.17, 15) is 13.5 Å². The molecule has 1 aromatic rings. The lowest BCUT2D eigenvalue weighted by atomic mass is 9.68. The highest BCUT2D eigenvalue weighted by atomic mass is 32.2. The molecule has 2 N–H and O–H groups in total. The van der Waals surface area contributed by atoms with Crippen LogP contribution in [-0.4, -0.2) is 36.9 Å². The van der Waals surface area contributed by atoms with E-state index in [1.165, 1.54) is 12.3 Å². The quantitative estimate of drug-likeness (QED) is 0.881. The molecule has 0 aliphatic heterocycles. The average Bonchev–Trinajstić information content (AvgIpc) is 2.44. The van der Waals surface area contributed by atoms with E-state index in [0.717, 1.165) is 25.7 Å². The molecule has 2 rings (SSSR count). The molecule has 1 aliphatic carbocycles. The first-order chi connectivity index (χ1) is 10.5. The molecule has 1 aliphatic rings. The van der Waals surface area contributed by atoms with Crippen LogP contribution in [0, 0.1) is 11.3 Å². The molecule has 0 bridgehead atoms. The first-order valence-corrected chi connectivity index (χ1v) is 10.0. The normalized spacial score (nSPS) is 26.0. The van der Waals surface area contributed by atoms with E-state index in [4.69, 9.17) is 0 Å². The van der Waals surface area contributed by atoms with Crippen LogP contribution in [0.2, 0.25) is 0 Å². The number of pyridine rings is 1. The van der Waals surface area contributed by atoms with Gasteiger partial charge in [0, 0.05) is 19.0 Å². The molecule has 1 aromatic heterocycles. The third-order valence-corrected chi connectivity index (χ3v) is 6.02. The summed E-state index contributed by atoms with van der Waals surface area (Å²) in [6.45, 7) is 7.05. The van der Waals surface area contributed by atoms with Crippen molar-refractivity contribution in [1.82, 2.24) is 4.98 Å². The van der Waals surface area contributed by atoms with Gasteiger partial charge in [-0.15, -0.1) is 0 Å². The van der Waals surface area contributed by atoms with Crippen molar-refractivity contribution in [2.24, 2.45) is 11.3 Å². The van der Waals surface area contributed by atoms with Gasteiger partial charge in [-0.3, -0.25) is 0 Å². The maximum atomic E-state index is 11.8. The summed E-state index contributed by atoms with van der Waals surface area (Å²) in [6, 6.07) is 3.13. The number of nitrogens with one attached hydrogen (secondary N) is 1. The second kappa shape index (κ2) is 6.40. The van der Waals surface area contributed by atoms with Crippen molar-refractivity contribution in [2.75, 3.05) is 18.1 Å². The Labute approximate surface area is 139 Å². The van der Waals surface area contributed by atoms with Gasteiger partial charge in [-0.2, -0.15) is 0 Å². The van der Waals surface area contributed by atoms with Gasteiger partial charge in [0.05, 0.1) is 5.60 Å². The summed E-state index contributed by atoms with van der Waals surface area (Å²) in [5.41, 5.74) is -0.534. The van der Waals surface area contributed by atoms with Crippen LogP contribution >= 0.6 is 0 Å². The van der Waals surface area contributed by atoms with Crippen molar-refractivity contribution < 1.29 is 13.5 Å². The fraction of sp³-hybridized carbons (Fsp3) is 0.706. The topological polar surface area (TPSA) is 79.3 Å². The maximum Gasteiger partial charge on any atom is 0.179 e. The van der Waals surface area contributed by atoms with E-state index in [-0.39, 0.29) is 10.3 Å². The minimum absolute atomic E-state index is 0.173. The smallest absolute Gasteiger partial charge is 0.179 e. The molecule has 0 amide bonds. The number of sulfone groups is 1. The van der Waals surface area contributed by atoms with Crippen LogP contribution < -0.4 is 5.32 Å². The molecule has 0 aromatic carbocycles. The number of aliphatic hydroxyl groups is 1. The predicted octanol–water partition coefficient (Wildman–Crippen LogP) is 2.86. The van der Waals surface area contributed by atoms with Crippen LogP contribution in [0.4, 0.5) is 5.82 Å². The van der Waals surface area contributed by atoms with Gasteiger partial charge in [0.15, 0.2) is 9.84 Å². The number of rotatable bonds is 4. The van der Waals surface area contributed by atoms with Crippen LogP contribution in [0.15, 0.2) is 23.2 Å². The van der Waals surface area contributed by atoms with Crippen LogP contribution in [-0.2, 0) is 9.84 Å². The van der Waals surface area contributed by atoms with Crippen molar-refractivity contribution in [3.05, 3.63) is 18.3 Å². The van der Waals surface area contributed by atoms with E-state index in [1.807, 2.05) is 0 Å². The first-order valence-electron chi connectivity index (χ1n) is 8.13. The third-order valence-electron chi connectivity index (χ3n) is 4.90. The SMILES string of the molecule is CC(C)(C)C1CCC(O)(CNc2ncccc2S(C)(=O)=O)CC1. The van der Waals surface area contributed by atoms with E-state index < -0.39 is 15.4 Å². The molecule has 1 saturated carbocycles. The van der Waals surface area contributed by atoms with Crippen molar-refractivity contribution in [3.63, 3.8) is 0 Å². The highest BCUT2D eigenvalue weighted by molar-refractivity contribution is 7.90. The minimum atomic E-state index is -3.34. The molecule has 5 nitrogen and oxygen atoms in total. The molecule has 1 heterocycles. The molecule has 23 heavy (non-hydrogen) atoms. The third kappa shape index (κ3) is 4.67. The molecule has 130 valence electrons. The van der Waals surface area contributed by atoms with Gasteiger partial charge >= 0.3 is 0 Å². The fourth-order valence-electron chi connectivity index (χ4n) is 3.27. The standard InChI is InChI=1S/C17H28N2O3S/c1-16(2,3)13-7-9-17(20,10-8-13)12-19-15-14(23(4,21)22)6-5-11-18-15/h5-6,11,13,20H,7-10,12H2,1-4H3,(H,18,19). The Hall–Kier alpha value is -1.14. The summed E-state index contributed by atoms with van der Waals surface area (Å²) in [5, 5.41) is 13.8. The number of aromatic nitrogens is 1. The number of anilines is 1. The summed E-state index contributed by atoms with van der Waals surface area (Å²) in [5.74, 6) is 0.936. The molecule has 0 spiro atoms. The zero-order valence-electron chi connectivity index (χ0n) is 14.5. The van der Waals surface area contributed by atoms with Crippen LogP contribution in [0.1, 0.15) is 46.5 Å². The Kier molecular flexibility index (Phi) is 5.06. The molecule has 0 unspecified atom stereocenters. The minimum Gasteiger partial charge on any atom is -0.388 e. The summed E-state index contributed by atoms with van der Waals surface area (Å²) in [6.07, 6.45) is 6.15. The molecule has 0 atom stereocenters. The number of hydrogen-bond acceptors (Lipinski definition) is 5. The second-order valence-electron chi connectivity index (χ2n) is 7.84. The average molecular weight is 340 g/mol. The number of nitrogens with zero attached hydrogens (tertiary/aromatic N) is 1. The van der Waals surface area contributed by atoms with Gasteiger partial charge in [-0.05, 0) is 49.1 Å². The molecule has 1 fully saturated rings. The summed E-state index contributed by atoms with van der Waals surface area (Å²) in [4.78, 5) is 4.29. The highest BCUT2D eigenvalue weighted by Gasteiger charge is 2.37. The summed E-state index contributed by atoms with van der Waals surface area (Å²) < 4.78 is 23.6. The largest absolute Gasteiger partial charge is 0.388 e. The molecular formula is C17H28N2O3S. The van der Waals surface area contributed by atoms with Crippen molar-refractivity contribution in [2.45, 2.75) is 57.0 Å². The van der Waals surface area contributed by atoms with E-state index in [1.54, 1.807) is 12.3 Å². The van der Waals surface area contributed by atoms with E-state index in [0.29, 0.717) is 18.3 Å². The van der Waals surface area contributed by atoms with E-state index >= 15 is 0 Å². The molecule has 0 saturated heterocycles. The zero-order chi connectivity index (χ0) is 17.3. The Balaban J connectivity index is 2.03. The van der Waals surface area contributed by atoms with Gasteiger partial charge in [0.1, 0.15) is 10.7 Å². The lowest BCUT2D eigenvalue weighted by molar-refractivity contribution is -0.0144. The Bertz CT molecular complexity index is 642. The Morgan fingerprint density at radius 3 is 2.48 bits per heavy atom. The van der Waals surface area contributed by atoms with Crippen LogP contribution in [0.3, 0.4) is 0 Å². The maximum absolute atomic E-state index is 11.8. The lowest BCUT2D eigenvalue weighted by Gasteiger charge is -2.41. The van der Waals surface area contributed by atoms with E-state index in [2.05, 4.69) is 31.1 Å². The van der Waals surface area contributed by atoms with Gasteiger partial charge in [-0.1, -0.05) is 20.8 Å². The van der Waals surface area contributed by atoms with Crippen molar-refractivity contribution >= 4 is 15.7 Å². The van der Waals surface area contributed by atoms with Crippen LogP contribution in [0.25, 0.3) is 0 Å². The summed E-state index contributed by atoms with van der Waals surface area (Å²) in [7, 11) is -3.34. The van der Waals surface area contributed by atoms with Gasteiger partial charge in [-0.25, -0.2) is 13.4 Å². The van der Waals surface area contributed by atoms with Crippen molar-refractivity contribution in [1.29, 1.82) is 0 Å². The van der Waals surface area contributed by atoms with Crippen molar-refractivity contribution in [3.8, 4) is 0 Å². The first kappa shape index (κ1) is 18.2. The predicted molar refractivity (Wildman–Crippen MR) is 92.2 cm³/mol. The van der Waals surface area contributed by atoms with Gasteiger partial charge in [0.25, 0.3) is 0 Å². The lowest BCUT2D eigenvalue weighted by Crippen LogP contribution is -2.42. The molecular weight excluding hydrogens is 312 g/mol. The Morgan fingerprint density at radius 1 is 1.35 bits per heavy atom. The highest BCUT2D eigenvalue weighted by Crippen LogP contribution is 2.41.